The largest absolute Gasteiger partial charge is 0.497 e. The van der Waals surface area contributed by atoms with Crippen molar-refractivity contribution in [2.24, 2.45) is 0 Å². The van der Waals surface area contributed by atoms with E-state index in [0.29, 0.717) is 0 Å². The molecule has 1 heterocycles. The molecule has 0 aliphatic heterocycles. The number of benzene rings is 2. The maximum Gasteiger partial charge on any atom is 0.272 e. The first-order valence-corrected chi connectivity index (χ1v) is 9.07. The maximum atomic E-state index is 12.4. The monoisotopic (exact) mass is 376 g/mol. The van der Waals surface area contributed by atoms with Gasteiger partial charge in [0.15, 0.2) is 0 Å². The summed E-state index contributed by atoms with van der Waals surface area (Å²) in [4.78, 5) is 30.1. The van der Waals surface area contributed by atoms with Crippen molar-refractivity contribution in [1.29, 1.82) is 0 Å². The molecule has 0 aliphatic carbocycles. The zero-order chi connectivity index (χ0) is 20.3. The lowest BCUT2D eigenvalue weighted by Gasteiger charge is -2.18. The van der Waals surface area contributed by atoms with Gasteiger partial charge in [-0.3, -0.25) is 9.59 Å². The molecule has 144 valence electrons. The van der Waals surface area contributed by atoms with Crippen LogP contribution in [-0.2, 0) is 5.41 Å². The number of rotatable bonds is 3. The van der Waals surface area contributed by atoms with E-state index in [0.717, 1.165) is 16.9 Å². The summed E-state index contributed by atoms with van der Waals surface area (Å²) in [5.74, 6) is 0.724. The SMILES string of the molecule is COc1ccc(C=c2[nH]c(=O)c(=Cc3ccc(C(C)(C)C)cc3)[nH]c2=O)cc1. The molecule has 0 atom stereocenters. The van der Waals surface area contributed by atoms with Gasteiger partial charge in [-0.15, -0.1) is 0 Å². The third-order valence-electron chi connectivity index (χ3n) is 4.50. The highest BCUT2D eigenvalue weighted by Crippen LogP contribution is 2.22. The minimum atomic E-state index is -0.354. The molecule has 2 N–H and O–H groups in total. The predicted molar refractivity (Wildman–Crippen MR) is 112 cm³/mol. The van der Waals surface area contributed by atoms with Crippen molar-refractivity contribution in [3.8, 4) is 5.75 Å². The molecule has 0 saturated heterocycles. The minimum absolute atomic E-state index is 0.0588. The molecular formula is C23H24N2O3. The summed E-state index contributed by atoms with van der Waals surface area (Å²) in [5.41, 5.74) is 2.20. The third-order valence-corrected chi connectivity index (χ3v) is 4.50. The zero-order valence-electron chi connectivity index (χ0n) is 16.5. The van der Waals surface area contributed by atoms with Gasteiger partial charge in [-0.05, 0) is 46.4 Å². The fourth-order valence-electron chi connectivity index (χ4n) is 2.81. The van der Waals surface area contributed by atoms with Crippen LogP contribution >= 0.6 is 0 Å². The maximum absolute atomic E-state index is 12.4. The van der Waals surface area contributed by atoms with E-state index in [4.69, 9.17) is 4.74 Å². The standard InChI is InChI=1S/C23H24N2O3/c1-23(2,3)17-9-5-15(6-10-17)13-19-21(26)25-20(22(27)24-19)14-16-7-11-18(28-4)12-8-16/h5-14H,1-4H3,(H,24,27)(H,25,26). The second kappa shape index (κ2) is 7.72. The molecule has 0 bridgehead atoms. The van der Waals surface area contributed by atoms with Gasteiger partial charge >= 0.3 is 0 Å². The van der Waals surface area contributed by atoms with Crippen molar-refractivity contribution in [1.82, 2.24) is 9.97 Å². The highest BCUT2D eigenvalue weighted by Gasteiger charge is 2.12. The van der Waals surface area contributed by atoms with E-state index in [9.17, 15) is 9.59 Å². The van der Waals surface area contributed by atoms with Gasteiger partial charge in [0.25, 0.3) is 11.1 Å². The van der Waals surface area contributed by atoms with Gasteiger partial charge in [0.05, 0.1) is 7.11 Å². The van der Waals surface area contributed by atoms with Gasteiger partial charge in [-0.1, -0.05) is 57.2 Å². The molecule has 0 radical (unpaired) electrons. The smallest absolute Gasteiger partial charge is 0.272 e. The Bertz CT molecular complexity index is 1190. The Kier molecular flexibility index (Phi) is 5.36. The Morgan fingerprint density at radius 2 is 1.18 bits per heavy atom. The lowest BCUT2D eigenvalue weighted by atomic mass is 9.87. The van der Waals surface area contributed by atoms with Crippen LogP contribution in [0.2, 0.25) is 0 Å². The van der Waals surface area contributed by atoms with Crippen LogP contribution in [0.3, 0.4) is 0 Å². The summed E-state index contributed by atoms with van der Waals surface area (Å²) in [6.45, 7) is 6.43. The molecule has 5 nitrogen and oxygen atoms in total. The molecule has 1 aromatic heterocycles. The predicted octanol–water partition coefficient (Wildman–Crippen LogP) is 2.03. The van der Waals surface area contributed by atoms with Crippen molar-refractivity contribution in [2.45, 2.75) is 26.2 Å². The highest BCUT2D eigenvalue weighted by atomic mass is 16.5. The Balaban J connectivity index is 1.99. The number of nitrogens with one attached hydrogen (secondary N) is 2. The molecule has 3 aromatic rings. The van der Waals surface area contributed by atoms with Crippen LogP contribution in [0.25, 0.3) is 12.2 Å². The molecule has 0 unspecified atom stereocenters. The van der Waals surface area contributed by atoms with Crippen molar-refractivity contribution in [2.75, 3.05) is 7.11 Å². The van der Waals surface area contributed by atoms with Crippen molar-refractivity contribution in [3.05, 3.63) is 96.6 Å². The normalized spacial score (nSPS) is 13.0. The Morgan fingerprint density at radius 3 is 1.57 bits per heavy atom. The Morgan fingerprint density at radius 1 is 0.750 bits per heavy atom. The van der Waals surface area contributed by atoms with E-state index < -0.39 is 0 Å². The molecule has 5 heteroatoms. The van der Waals surface area contributed by atoms with Crippen molar-refractivity contribution in [3.63, 3.8) is 0 Å². The fraction of sp³-hybridized carbons (Fsp3) is 0.217. The molecule has 0 aliphatic rings. The van der Waals surface area contributed by atoms with E-state index in [2.05, 4.69) is 30.7 Å². The van der Waals surface area contributed by atoms with Gasteiger partial charge in [-0.25, -0.2) is 0 Å². The van der Waals surface area contributed by atoms with Crippen LogP contribution < -0.4 is 26.6 Å². The molecule has 2 aromatic carbocycles. The Hall–Kier alpha value is -3.34. The van der Waals surface area contributed by atoms with Crippen molar-refractivity contribution >= 4 is 12.2 Å². The average molecular weight is 376 g/mol. The second-order valence-corrected chi connectivity index (χ2v) is 7.67. The topological polar surface area (TPSA) is 75.0 Å². The number of aromatic amines is 2. The molecule has 28 heavy (non-hydrogen) atoms. The van der Waals surface area contributed by atoms with E-state index in [1.165, 1.54) is 5.56 Å². The third kappa shape index (κ3) is 4.49. The molecule has 0 fully saturated rings. The number of hydrogen-bond acceptors (Lipinski definition) is 3. The Labute approximate surface area is 163 Å². The molecule has 0 amide bonds. The lowest BCUT2D eigenvalue weighted by molar-refractivity contribution is 0.415. The first-order valence-electron chi connectivity index (χ1n) is 9.07. The minimum Gasteiger partial charge on any atom is -0.497 e. The number of H-pyrrole nitrogens is 2. The van der Waals surface area contributed by atoms with E-state index >= 15 is 0 Å². The van der Waals surface area contributed by atoms with Gasteiger partial charge in [0.2, 0.25) is 0 Å². The lowest BCUT2D eigenvalue weighted by Crippen LogP contribution is -2.46. The second-order valence-electron chi connectivity index (χ2n) is 7.67. The van der Waals surface area contributed by atoms with Crippen LogP contribution in [0.4, 0.5) is 0 Å². The average Bonchev–Trinajstić information content (AvgIpc) is 2.66. The van der Waals surface area contributed by atoms with E-state index in [1.54, 1.807) is 31.4 Å². The number of hydrogen-bond donors (Lipinski definition) is 2. The van der Waals surface area contributed by atoms with E-state index in [1.807, 2.05) is 36.4 Å². The first kappa shape index (κ1) is 19.4. The van der Waals surface area contributed by atoms with Crippen LogP contribution in [-0.4, -0.2) is 17.1 Å². The summed E-state index contributed by atoms with van der Waals surface area (Å²) in [5, 5.41) is 0.427. The van der Waals surface area contributed by atoms with Gasteiger partial charge in [0.1, 0.15) is 16.4 Å². The fourth-order valence-corrected chi connectivity index (χ4v) is 2.81. The number of aromatic nitrogens is 2. The van der Waals surface area contributed by atoms with Crippen LogP contribution in [0, 0.1) is 0 Å². The number of methoxy groups -OCH3 is 1. The molecule has 0 spiro atoms. The first-order chi connectivity index (χ1) is 13.3. The number of ether oxygens (including phenoxy) is 1. The van der Waals surface area contributed by atoms with Gasteiger partial charge < -0.3 is 14.7 Å². The van der Waals surface area contributed by atoms with E-state index in [-0.39, 0.29) is 27.2 Å². The summed E-state index contributed by atoms with van der Waals surface area (Å²) in [6, 6.07) is 15.2. The molecular weight excluding hydrogens is 352 g/mol. The highest BCUT2D eigenvalue weighted by molar-refractivity contribution is 5.50. The summed E-state index contributed by atoms with van der Waals surface area (Å²) >= 11 is 0. The summed E-state index contributed by atoms with van der Waals surface area (Å²) in [6.07, 6.45) is 3.30. The van der Waals surface area contributed by atoms with Crippen molar-refractivity contribution < 1.29 is 4.74 Å². The molecule has 3 rings (SSSR count). The van der Waals surface area contributed by atoms with Gasteiger partial charge in [0, 0.05) is 0 Å². The molecule has 0 saturated carbocycles. The zero-order valence-corrected chi connectivity index (χ0v) is 16.5. The summed E-state index contributed by atoms with van der Waals surface area (Å²) < 4.78 is 5.12. The van der Waals surface area contributed by atoms with Crippen LogP contribution in [0.15, 0.2) is 58.1 Å². The van der Waals surface area contributed by atoms with Gasteiger partial charge in [-0.2, -0.15) is 0 Å². The quantitative estimate of drug-likeness (QED) is 0.734. The summed E-state index contributed by atoms with van der Waals surface area (Å²) in [7, 11) is 1.59. The van der Waals surface area contributed by atoms with Crippen LogP contribution in [0.1, 0.15) is 37.5 Å². The van der Waals surface area contributed by atoms with Crippen LogP contribution in [0.5, 0.6) is 5.75 Å².